The first kappa shape index (κ1) is 16.1. The lowest BCUT2D eigenvalue weighted by Crippen LogP contribution is -2.13. The molecule has 0 saturated heterocycles. The van der Waals surface area contributed by atoms with Crippen LogP contribution in [-0.2, 0) is 4.79 Å². The van der Waals surface area contributed by atoms with Gasteiger partial charge >= 0.3 is 5.97 Å². The van der Waals surface area contributed by atoms with Crippen LogP contribution in [0.15, 0.2) is 91.5 Å². The van der Waals surface area contributed by atoms with Crippen molar-refractivity contribution in [1.82, 2.24) is 0 Å². The van der Waals surface area contributed by atoms with Gasteiger partial charge in [0.2, 0.25) is 0 Å². The lowest BCUT2D eigenvalue weighted by Gasteiger charge is -2.06. The molecule has 0 radical (unpaired) electrons. The number of esters is 1. The summed E-state index contributed by atoms with van der Waals surface area (Å²) in [7, 11) is 0. The van der Waals surface area contributed by atoms with E-state index in [0.29, 0.717) is 5.75 Å². The Morgan fingerprint density at radius 3 is 1.73 bits per heavy atom. The zero-order chi connectivity index (χ0) is 17.9. The highest BCUT2D eigenvalue weighted by Crippen LogP contribution is 2.53. The van der Waals surface area contributed by atoms with Gasteiger partial charge in [0.15, 0.2) is 0 Å². The molecule has 0 fully saturated rings. The first-order valence-electron chi connectivity index (χ1n) is 8.57. The molecule has 0 bridgehead atoms. The van der Waals surface area contributed by atoms with E-state index in [1.165, 1.54) is 0 Å². The van der Waals surface area contributed by atoms with E-state index in [1.54, 1.807) is 18.2 Å². The summed E-state index contributed by atoms with van der Waals surface area (Å²) in [6.45, 7) is 3.73. The van der Waals surface area contributed by atoms with Gasteiger partial charge in [0.05, 0.1) is 0 Å². The van der Waals surface area contributed by atoms with E-state index in [-0.39, 0.29) is 11.9 Å². The summed E-state index contributed by atoms with van der Waals surface area (Å²) in [6, 6.07) is 27.4. The Hall–Kier alpha value is -3.39. The fourth-order valence-corrected chi connectivity index (χ4v) is 3.18. The van der Waals surface area contributed by atoms with E-state index >= 15 is 0 Å². The molecule has 3 aromatic rings. The van der Waals surface area contributed by atoms with Crippen molar-refractivity contribution in [3.63, 3.8) is 0 Å². The second kappa shape index (κ2) is 6.85. The molecular weight excluding hydrogens is 320 g/mol. The minimum atomic E-state index is -0.320. The van der Waals surface area contributed by atoms with Crippen molar-refractivity contribution in [2.24, 2.45) is 5.92 Å². The standard InChI is InChI=1S/C24H18O2/c1-2-17-13-15-20(16-14-17)26-24(25)23-21(18-9-5-3-6-10-18)22(23)19-11-7-4-8-12-19/h2-16,23H,1H2. The molecule has 26 heavy (non-hydrogen) atoms. The molecule has 1 aliphatic carbocycles. The Balaban J connectivity index is 1.61. The average Bonchev–Trinajstić information content (AvgIpc) is 3.46. The number of carbonyl (C=O) groups is 1. The number of benzene rings is 3. The molecule has 0 N–H and O–H groups in total. The number of rotatable bonds is 5. The van der Waals surface area contributed by atoms with Gasteiger partial charge in [0, 0.05) is 0 Å². The van der Waals surface area contributed by atoms with Gasteiger partial charge in [0.25, 0.3) is 0 Å². The van der Waals surface area contributed by atoms with E-state index in [0.717, 1.165) is 27.8 Å². The summed E-state index contributed by atoms with van der Waals surface area (Å²) < 4.78 is 5.63. The monoisotopic (exact) mass is 338 g/mol. The molecular formula is C24H18O2. The highest BCUT2D eigenvalue weighted by Gasteiger charge is 2.45. The van der Waals surface area contributed by atoms with Gasteiger partial charge < -0.3 is 4.74 Å². The lowest BCUT2D eigenvalue weighted by molar-refractivity contribution is -0.134. The predicted octanol–water partition coefficient (Wildman–Crippen LogP) is 5.48. The average molecular weight is 338 g/mol. The Kier molecular flexibility index (Phi) is 4.24. The lowest BCUT2D eigenvalue weighted by atomic mass is 10.1. The van der Waals surface area contributed by atoms with Crippen LogP contribution in [0.3, 0.4) is 0 Å². The van der Waals surface area contributed by atoms with Crippen LogP contribution in [0.5, 0.6) is 5.75 Å². The molecule has 0 aromatic heterocycles. The van der Waals surface area contributed by atoms with E-state index in [2.05, 4.69) is 6.58 Å². The van der Waals surface area contributed by atoms with Crippen molar-refractivity contribution < 1.29 is 9.53 Å². The predicted molar refractivity (Wildman–Crippen MR) is 105 cm³/mol. The van der Waals surface area contributed by atoms with Crippen molar-refractivity contribution >= 4 is 23.2 Å². The Bertz CT molecular complexity index is 918. The van der Waals surface area contributed by atoms with Gasteiger partial charge in [-0.3, -0.25) is 4.79 Å². The van der Waals surface area contributed by atoms with E-state index in [1.807, 2.05) is 72.8 Å². The molecule has 0 saturated carbocycles. The highest BCUT2D eigenvalue weighted by atomic mass is 16.5. The highest BCUT2D eigenvalue weighted by molar-refractivity contribution is 6.22. The molecule has 4 rings (SSSR count). The van der Waals surface area contributed by atoms with Gasteiger partial charge in [-0.1, -0.05) is 85.5 Å². The molecule has 0 heterocycles. The first-order chi connectivity index (χ1) is 12.8. The van der Waals surface area contributed by atoms with Crippen LogP contribution >= 0.6 is 0 Å². The summed E-state index contributed by atoms with van der Waals surface area (Å²) in [5.41, 5.74) is 5.21. The Morgan fingerprint density at radius 2 is 1.27 bits per heavy atom. The molecule has 0 atom stereocenters. The zero-order valence-corrected chi connectivity index (χ0v) is 14.3. The summed E-state index contributed by atoms with van der Waals surface area (Å²) in [6.07, 6.45) is 1.76. The topological polar surface area (TPSA) is 26.3 Å². The van der Waals surface area contributed by atoms with Crippen molar-refractivity contribution in [3.8, 4) is 5.75 Å². The fourth-order valence-electron chi connectivity index (χ4n) is 3.18. The third-order valence-corrected chi connectivity index (χ3v) is 4.52. The second-order valence-corrected chi connectivity index (χ2v) is 6.19. The van der Waals surface area contributed by atoms with Gasteiger partial charge in [-0.05, 0) is 40.0 Å². The van der Waals surface area contributed by atoms with E-state index in [9.17, 15) is 4.79 Å². The van der Waals surface area contributed by atoms with Gasteiger partial charge in [-0.15, -0.1) is 0 Å². The second-order valence-electron chi connectivity index (χ2n) is 6.19. The Labute approximate surface area is 153 Å². The third-order valence-electron chi connectivity index (χ3n) is 4.52. The molecule has 0 aliphatic heterocycles. The first-order valence-corrected chi connectivity index (χ1v) is 8.57. The number of hydrogen-bond donors (Lipinski definition) is 0. The van der Waals surface area contributed by atoms with Crippen LogP contribution in [0.4, 0.5) is 0 Å². The summed E-state index contributed by atoms with van der Waals surface area (Å²) in [5.74, 6) is -0.0136. The largest absolute Gasteiger partial charge is 0.426 e. The van der Waals surface area contributed by atoms with Crippen LogP contribution < -0.4 is 4.74 Å². The molecule has 0 unspecified atom stereocenters. The minimum absolute atomic E-state index is 0.242. The van der Waals surface area contributed by atoms with Crippen LogP contribution in [0.1, 0.15) is 16.7 Å². The number of hydrogen-bond acceptors (Lipinski definition) is 2. The summed E-state index contributed by atoms with van der Waals surface area (Å²) in [4.78, 5) is 12.8. The molecule has 0 amide bonds. The van der Waals surface area contributed by atoms with Crippen LogP contribution in [0.2, 0.25) is 0 Å². The van der Waals surface area contributed by atoms with Gasteiger partial charge in [-0.25, -0.2) is 0 Å². The van der Waals surface area contributed by atoms with Crippen molar-refractivity contribution in [3.05, 3.63) is 108 Å². The normalized spacial score (nSPS) is 13.4. The quantitative estimate of drug-likeness (QED) is 0.455. The molecule has 2 heteroatoms. The van der Waals surface area contributed by atoms with Crippen LogP contribution in [0, 0.1) is 5.92 Å². The van der Waals surface area contributed by atoms with E-state index in [4.69, 9.17) is 4.74 Å². The molecule has 0 spiro atoms. The van der Waals surface area contributed by atoms with Crippen LogP contribution in [-0.4, -0.2) is 5.97 Å². The van der Waals surface area contributed by atoms with Crippen LogP contribution in [0.25, 0.3) is 17.2 Å². The van der Waals surface area contributed by atoms with Gasteiger partial charge in [-0.2, -0.15) is 0 Å². The minimum Gasteiger partial charge on any atom is -0.426 e. The maximum atomic E-state index is 12.8. The fraction of sp³-hybridized carbons (Fsp3) is 0.0417. The maximum absolute atomic E-state index is 12.8. The van der Waals surface area contributed by atoms with E-state index < -0.39 is 0 Å². The molecule has 2 nitrogen and oxygen atoms in total. The summed E-state index contributed by atoms with van der Waals surface area (Å²) in [5, 5.41) is 0. The Morgan fingerprint density at radius 1 is 0.769 bits per heavy atom. The van der Waals surface area contributed by atoms with Crippen molar-refractivity contribution in [1.29, 1.82) is 0 Å². The smallest absolute Gasteiger partial charge is 0.323 e. The SMILES string of the molecule is C=Cc1ccc(OC(=O)C2C(c3ccccc3)=C2c2ccccc2)cc1. The number of carbonyl (C=O) groups excluding carboxylic acids is 1. The molecule has 126 valence electrons. The molecule has 1 aliphatic rings. The molecule has 3 aromatic carbocycles. The zero-order valence-electron chi connectivity index (χ0n) is 14.3. The van der Waals surface area contributed by atoms with Gasteiger partial charge in [0.1, 0.15) is 11.7 Å². The summed E-state index contributed by atoms with van der Waals surface area (Å²) >= 11 is 0. The van der Waals surface area contributed by atoms with Crippen molar-refractivity contribution in [2.75, 3.05) is 0 Å². The third kappa shape index (κ3) is 3.09. The number of ether oxygens (including phenoxy) is 1. The maximum Gasteiger partial charge on any atom is 0.323 e. The van der Waals surface area contributed by atoms with Crippen molar-refractivity contribution in [2.45, 2.75) is 0 Å².